The van der Waals surface area contributed by atoms with Crippen LogP contribution in [0.25, 0.3) is 6.08 Å². The number of aliphatic imine (C=N–C) groups is 1. The lowest BCUT2D eigenvalue weighted by Gasteiger charge is -2.14. The van der Waals surface area contributed by atoms with Gasteiger partial charge in [0.05, 0.1) is 27.7 Å². The van der Waals surface area contributed by atoms with Crippen LogP contribution >= 0.6 is 27.7 Å². The van der Waals surface area contributed by atoms with Gasteiger partial charge in [-0.05, 0) is 81.6 Å². The van der Waals surface area contributed by atoms with Gasteiger partial charge in [-0.15, -0.1) is 0 Å². The third kappa shape index (κ3) is 5.47. The van der Waals surface area contributed by atoms with Crippen LogP contribution in [0.4, 0.5) is 5.69 Å². The Morgan fingerprint density at radius 3 is 2.61 bits per heavy atom. The molecule has 7 nitrogen and oxygen atoms in total. The number of carbonyl (C=O) groups is 2. The minimum Gasteiger partial charge on any atom is -0.493 e. The zero-order chi connectivity index (χ0) is 25.8. The quantitative estimate of drug-likeness (QED) is 0.339. The number of carboxylic acid groups (broad SMARTS) is 1. The number of hydrogen-bond donors (Lipinski definition) is 1. The first kappa shape index (κ1) is 25.5. The van der Waals surface area contributed by atoms with E-state index in [0.29, 0.717) is 43.9 Å². The zero-order valence-electron chi connectivity index (χ0n) is 19.8. The summed E-state index contributed by atoms with van der Waals surface area (Å²) in [5.41, 5.74) is 3.00. The summed E-state index contributed by atoms with van der Waals surface area (Å²) < 4.78 is 12.2. The summed E-state index contributed by atoms with van der Waals surface area (Å²) >= 11 is 4.79. The van der Waals surface area contributed by atoms with Gasteiger partial charge in [0.2, 0.25) is 0 Å². The second kappa shape index (κ2) is 11.0. The summed E-state index contributed by atoms with van der Waals surface area (Å²) in [6.45, 7) is 2.09. The van der Waals surface area contributed by atoms with E-state index in [4.69, 9.17) is 9.47 Å². The van der Waals surface area contributed by atoms with E-state index in [-0.39, 0.29) is 11.5 Å². The number of thioether (sulfide) groups is 1. The number of amidine groups is 1. The Morgan fingerprint density at radius 1 is 1.17 bits per heavy atom. The standard InChI is InChI=1S/C27H23BrN2O5S/c1-16-19(26(32)33)10-7-11-21(16)29-27-30(2)25(31)23(36-27)14-18-12-20(28)24(22(13-18)34-3)35-15-17-8-5-4-6-9-17/h4-14H,15H2,1-3H3,(H,32,33)/b23-14-,29-27?. The van der Waals surface area contributed by atoms with Gasteiger partial charge in [0.25, 0.3) is 5.91 Å². The Morgan fingerprint density at radius 2 is 1.92 bits per heavy atom. The van der Waals surface area contributed by atoms with Crippen LogP contribution in [0.15, 0.2) is 75.0 Å². The maximum absolute atomic E-state index is 12.9. The molecular formula is C27H23BrN2O5S. The van der Waals surface area contributed by atoms with Gasteiger partial charge in [0, 0.05) is 7.05 Å². The van der Waals surface area contributed by atoms with Crippen LogP contribution in [-0.4, -0.2) is 41.2 Å². The Hall–Kier alpha value is -3.56. The van der Waals surface area contributed by atoms with E-state index >= 15 is 0 Å². The zero-order valence-corrected chi connectivity index (χ0v) is 22.2. The molecule has 1 amide bonds. The Balaban J connectivity index is 1.60. The third-order valence-electron chi connectivity index (χ3n) is 5.53. The first-order chi connectivity index (χ1) is 17.3. The number of aromatic carboxylic acids is 1. The van der Waals surface area contributed by atoms with Crippen LogP contribution in [0.3, 0.4) is 0 Å². The topological polar surface area (TPSA) is 88.4 Å². The van der Waals surface area contributed by atoms with Gasteiger partial charge in [-0.2, -0.15) is 0 Å². The average Bonchev–Trinajstić information content (AvgIpc) is 3.12. The number of likely N-dealkylation sites (N-methyl/N-ethyl adjacent to an activating group) is 1. The number of carbonyl (C=O) groups excluding carboxylic acids is 1. The highest BCUT2D eigenvalue weighted by Crippen LogP contribution is 2.40. The Bertz CT molecular complexity index is 1390. The third-order valence-corrected chi connectivity index (χ3v) is 7.18. The molecule has 3 aromatic rings. The fraction of sp³-hybridized carbons (Fsp3) is 0.148. The van der Waals surface area contributed by atoms with Gasteiger partial charge in [-0.1, -0.05) is 36.4 Å². The molecule has 3 aromatic carbocycles. The molecule has 0 radical (unpaired) electrons. The molecule has 0 saturated carbocycles. The van der Waals surface area contributed by atoms with E-state index in [1.54, 1.807) is 39.3 Å². The maximum Gasteiger partial charge on any atom is 0.336 e. The van der Waals surface area contributed by atoms with Crippen molar-refractivity contribution in [2.45, 2.75) is 13.5 Å². The van der Waals surface area contributed by atoms with Crippen LogP contribution in [0.1, 0.15) is 27.0 Å². The van der Waals surface area contributed by atoms with Crippen molar-refractivity contribution in [3.05, 3.63) is 92.3 Å². The van der Waals surface area contributed by atoms with E-state index in [1.165, 1.54) is 22.7 Å². The highest BCUT2D eigenvalue weighted by atomic mass is 79.9. The summed E-state index contributed by atoms with van der Waals surface area (Å²) in [6.07, 6.45) is 1.76. The number of carboxylic acids is 1. The molecule has 36 heavy (non-hydrogen) atoms. The van der Waals surface area contributed by atoms with E-state index < -0.39 is 5.97 Å². The van der Waals surface area contributed by atoms with Crippen molar-refractivity contribution in [2.24, 2.45) is 4.99 Å². The van der Waals surface area contributed by atoms with Crippen LogP contribution in [0.2, 0.25) is 0 Å². The van der Waals surface area contributed by atoms with Crippen LogP contribution in [-0.2, 0) is 11.4 Å². The molecule has 0 unspecified atom stereocenters. The summed E-state index contributed by atoms with van der Waals surface area (Å²) in [5, 5.41) is 9.84. The van der Waals surface area contributed by atoms with Crippen molar-refractivity contribution in [1.29, 1.82) is 0 Å². The monoisotopic (exact) mass is 566 g/mol. The molecule has 1 aliphatic rings. The van der Waals surface area contributed by atoms with Gasteiger partial charge in [-0.3, -0.25) is 9.69 Å². The number of hydrogen-bond acceptors (Lipinski definition) is 6. The fourth-order valence-electron chi connectivity index (χ4n) is 3.58. The number of ether oxygens (including phenoxy) is 2. The molecule has 1 heterocycles. The van der Waals surface area contributed by atoms with Crippen molar-refractivity contribution in [3.63, 3.8) is 0 Å². The number of methoxy groups -OCH3 is 1. The molecule has 1 aliphatic heterocycles. The van der Waals surface area contributed by atoms with Crippen molar-refractivity contribution in [1.82, 2.24) is 4.90 Å². The Labute approximate surface area is 221 Å². The minimum absolute atomic E-state index is 0.177. The molecule has 1 fully saturated rings. The molecule has 0 bridgehead atoms. The van der Waals surface area contributed by atoms with E-state index in [9.17, 15) is 14.7 Å². The smallest absolute Gasteiger partial charge is 0.336 e. The molecule has 0 aromatic heterocycles. The predicted molar refractivity (Wildman–Crippen MR) is 145 cm³/mol. The summed E-state index contributed by atoms with van der Waals surface area (Å²) in [5.74, 6) is -0.118. The number of amides is 1. The van der Waals surface area contributed by atoms with E-state index in [0.717, 1.165) is 11.1 Å². The van der Waals surface area contributed by atoms with Crippen LogP contribution in [0, 0.1) is 6.92 Å². The van der Waals surface area contributed by atoms with Gasteiger partial charge >= 0.3 is 5.97 Å². The molecule has 0 spiro atoms. The second-order valence-electron chi connectivity index (χ2n) is 7.93. The number of halogens is 1. The molecule has 184 valence electrons. The highest BCUT2D eigenvalue weighted by Gasteiger charge is 2.31. The summed E-state index contributed by atoms with van der Waals surface area (Å²) in [7, 11) is 3.21. The van der Waals surface area contributed by atoms with Gasteiger partial charge in [0.1, 0.15) is 6.61 Å². The average molecular weight is 567 g/mol. The van der Waals surface area contributed by atoms with Crippen molar-refractivity contribution in [3.8, 4) is 11.5 Å². The van der Waals surface area contributed by atoms with Crippen LogP contribution < -0.4 is 9.47 Å². The summed E-state index contributed by atoms with van der Waals surface area (Å²) in [4.78, 5) is 30.9. The molecule has 1 N–H and O–H groups in total. The predicted octanol–water partition coefficient (Wildman–Crippen LogP) is 6.28. The van der Waals surface area contributed by atoms with Gasteiger partial charge < -0.3 is 14.6 Å². The van der Waals surface area contributed by atoms with Gasteiger partial charge in [-0.25, -0.2) is 9.79 Å². The highest BCUT2D eigenvalue weighted by molar-refractivity contribution is 9.10. The molecule has 4 rings (SSSR count). The van der Waals surface area contributed by atoms with Crippen LogP contribution in [0.5, 0.6) is 11.5 Å². The number of rotatable bonds is 7. The first-order valence-corrected chi connectivity index (χ1v) is 12.5. The SMILES string of the molecule is COc1cc(/C=C2\SC(=Nc3cccc(C(=O)O)c3C)N(C)C2=O)cc(Br)c1OCc1ccccc1. The molecule has 9 heteroatoms. The Kier molecular flexibility index (Phi) is 7.81. The van der Waals surface area contributed by atoms with E-state index in [1.807, 2.05) is 42.5 Å². The molecular weight excluding hydrogens is 544 g/mol. The molecule has 0 aliphatic carbocycles. The number of benzene rings is 3. The fourth-order valence-corrected chi connectivity index (χ4v) is 5.13. The van der Waals surface area contributed by atoms with E-state index in [2.05, 4.69) is 20.9 Å². The van der Waals surface area contributed by atoms with Gasteiger partial charge in [0.15, 0.2) is 16.7 Å². The lowest BCUT2D eigenvalue weighted by atomic mass is 10.1. The largest absolute Gasteiger partial charge is 0.493 e. The maximum atomic E-state index is 12.9. The first-order valence-electron chi connectivity index (χ1n) is 10.9. The normalized spacial score (nSPS) is 15.6. The second-order valence-corrected chi connectivity index (χ2v) is 9.80. The number of nitrogens with zero attached hydrogens (tertiary/aromatic N) is 2. The molecule has 0 atom stereocenters. The van der Waals surface area contributed by atoms with Crippen molar-refractivity contribution >= 4 is 56.5 Å². The lowest BCUT2D eigenvalue weighted by molar-refractivity contribution is -0.121. The molecule has 1 saturated heterocycles. The summed E-state index contributed by atoms with van der Waals surface area (Å²) in [6, 6.07) is 18.4. The van der Waals surface area contributed by atoms with Crippen molar-refractivity contribution in [2.75, 3.05) is 14.2 Å². The minimum atomic E-state index is -1.02. The lowest BCUT2D eigenvalue weighted by Crippen LogP contribution is -2.23. The van der Waals surface area contributed by atoms with Crippen molar-refractivity contribution < 1.29 is 24.2 Å².